The van der Waals surface area contributed by atoms with Crippen molar-refractivity contribution in [1.29, 1.82) is 0 Å². The highest BCUT2D eigenvalue weighted by Gasteiger charge is 2.29. The van der Waals surface area contributed by atoms with Crippen molar-refractivity contribution in [3.8, 4) is 0 Å². The average Bonchev–Trinajstić information content (AvgIpc) is 3.22. The van der Waals surface area contributed by atoms with E-state index < -0.39 is 0 Å². The first-order valence-corrected chi connectivity index (χ1v) is 7.86. The van der Waals surface area contributed by atoms with E-state index in [0.717, 1.165) is 16.6 Å². The van der Waals surface area contributed by atoms with Gasteiger partial charge in [0.2, 0.25) is 0 Å². The maximum absolute atomic E-state index is 8.77. The van der Waals surface area contributed by atoms with Gasteiger partial charge in [0.1, 0.15) is 0 Å². The molecule has 1 saturated carbocycles. The number of halogens is 1. The molecule has 0 spiro atoms. The number of nitrogens with zero attached hydrogens (tertiary/aromatic N) is 2. The van der Waals surface area contributed by atoms with E-state index in [-0.39, 0.29) is 5.84 Å². The van der Waals surface area contributed by atoms with Crippen LogP contribution >= 0.6 is 15.9 Å². The van der Waals surface area contributed by atoms with Crippen LogP contribution in [-0.2, 0) is 0 Å². The van der Waals surface area contributed by atoms with Gasteiger partial charge in [-0.3, -0.25) is 0 Å². The molecular formula is C15H22BrN3O. The molecule has 3 N–H and O–H groups in total. The van der Waals surface area contributed by atoms with Crippen LogP contribution in [0, 0.1) is 5.92 Å². The monoisotopic (exact) mass is 339 g/mol. The lowest BCUT2D eigenvalue weighted by molar-refractivity contribution is 0.318. The van der Waals surface area contributed by atoms with E-state index >= 15 is 0 Å². The largest absolute Gasteiger partial charge is 0.409 e. The maximum Gasteiger partial charge on any atom is 0.171 e. The molecule has 0 radical (unpaired) electrons. The van der Waals surface area contributed by atoms with Gasteiger partial charge in [0, 0.05) is 28.3 Å². The number of nitrogens with two attached hydrogens (primary N) is 1. The summed E-state index contributed by atoms with van der Waals surface area (Å²) in [7, 11) is 0. The Balaban J connectivity index is 2.19. The Kier molecular flexibility index (Phi) is 4.91. The van der Waals surface area contributed by atoms with Crippen molar-refractivity contribution in [1.82, 2.24) is 0 Å². The van der Waals surface area contributed by atoms with Gasteiger partial charge in [-0.25, -0.2) is 0 Å². The molecule has 0 amide bonds. The Hall–Kier alpha value is -1.23. The minimum atomic E-state index is 0.128. The fourth-order valence-corrected chi connectivity index (χ4v) is 2.82. The molecule has 0 saturated heterocycles. The van der Waals surface area contributed by atoms with E-state index in [2.05, 4.69) is 52.0 Å². The maximum atomic E-state index is 8.77. The van der Waals surface area contributed by atoms with Crippen LogP contribution in [0.25, 0.3) is 0 Å². The smallest absolute Gasteiger partial charge is 0.171 e. The molecule has 1 aliphatic rings. The molecule has 5 heteroatoms. The summed E-state index contributed by atoms with van der Waals surface area (Å²) in [4.78, 5) is 2.47. The molecule has 110 valence electrons. The third kappa shape index (κ3) is 3.66. The van der Waals surface area contributed by atoms with Crippen molar-refractivity contribution in [2.24, 2.45) is 16.8 Å². The normalized spacial score (nSPS) is 15.7. The number of hydrogen-bond donors (Lipinski definition) is 2. The molecule has 1 aromatic rings. The van der Waals surface area contributed by atoms with Crippen LogP contribution in [0.1, 0.15) is 38.7 Å². The summed E-state index contributed by atoms with van der Waals surface area (Å²) in [6, 6.07) is 6.69. The number of hydrogen-bond acceptors (Lipinski definition) is 3. The molecule has 0 aliphatic heterocycles. The zero-order valence-electron chi connectivity index (χ0n) is 12.0. The number of anilines is 1. The van der Waals surface area contributed by atoms with E-state index in [4.69, 9.17) is 10.9 Å². The fraction of sp³-hybridized carbons (Fsp3) is 0.533. The molecule has 20 heavy (non-hydrogen) atoms. The van der Waals surface area contributed by atoms with E-state index in [1.165, 1.54) is 24.9 Å². The van der Waals surface area contributed by atoms with Crippen LogP contribution in [0.5, 0.6) is 0 Å². The highest BCUT2D eigenvalue weighted by Crippen LogP contribution is 2.34. The molecule has 0 unspecified atom stereocenters. The van der Waals surface area contributed by atoms with Gasteiger partial charge in [-0.05, 0) is 59.3 Å². The zero-order valence-corrected chi connectivity index (χ0v) is 13.6. The minimum Gasteiger partial charge on any atom is -0.409 e. The summed E-state index contributed by atoms with van der Waals surface area (Å²) in [5.74, 6) is 0.833. The lowest BCUT2D eigenvalue weighted by Crippen LogP contribution is -2.28. The Labute approximate surface area is 128 Å². The first kappa shape index (κ1) is 15.2. The first-order valence-electron chi connectivity index (χ1n) is 7.07. The summed E-state index contributed by atoms with van der Waals surface area (Å²) in [6.45, 7) is 5.59. The molecule has 2 rings (SSSR count). The Bertz CT molecular complexity index is 498. The van der Waals surface area contributed by atoms with Crippen LogP contribution in [0.15, 0.2) is 27.8 Å². The highest BCUT2D eigenvalue weighted by atomic mass is 79.9. The fourth-order valence-electron chi connectivity index (χ4n) is 2.25. The topological polar surface area (TPSA) is 61.8 Å². The molecular weight excluding hydrogens is 318 g/mol. The second kappa shape index (κ2) is 6.48. The molecule has 0 bridgehead atoms. The van der Waals surface area contributed by atoms with Crippen LogP contribution < -0.4 is 10.6 Å². The van der Waals surface area contributed by atoms with Gasteiger partial charge < -0.3 is 15.8 Å². The standard InChI is InChI=1S/C15H22BrN3O/c1-10(2)7-8-19(11-3-4-11)12-5-6-13(14(16)9-12)15(17)18-20/h5-6,9-11,20H,3-4,7-8H2,1-2H3,(H2,17,18). The zero-order chi connectivity index (χ0) is 14.7. The second-order valence-electron chi connectivity index (χ2n) is 5.76. The van der Waals surface area contributed by atoms with E-state index in [1.54, 1.807) is 0 Å². The molecule has 1 fully saturated rings. The predicted molar refractivity (Wildman–Crippen MR) is 86.5 cm³/mol. The highest BCUT2D eigenvalue weighted by molar-refractivity contribution is 9.10. The summed E-state index contributed by atoms with van der Waals surface area (Å²) in [5.41, 5.74) is 7.57. The van der Waals surface area contributed by atoms with Gasteiger partial charge in [0.25, 0.3) is 0 Å². The summed E-state index contributed by atoms with van der Waals surface area (Å²) in [5, 5.41) is 11.8. The van der Waals surface area contributed by atoms with Crippen molar-refractivity contribution < 1.29 is 5.21 Å². The Morgan fingerprint density at radius 2 is 2.20 bits per heavy atom. The first-order chi connectivity index (χ1) is 9.52. The third-order valence-corrected chi connectivity index (χ3v) is 4.26. The SMILES string of the molecule is CC(C)CCN(c1ccc(/C(N)=N/O)c(Br)c1)C1CC1. The van der Waals surface area contributed by atoms with Crippen molar-refractivity contribution in [2.45, 2.75) is 39.2 Å². The van der Waals surface area contributed by atoms with Crippen molar-refractivity contribution in [3.63, 3.8) is 0 Å². The number of benzene rings is 1. The minimum absolute atomic E-state index is 0.128. The molecule has 4 nitrogen and oxygen atoms in total. The van der Waals surface area contributed by atoms with Crippen LogP contribution in [0.4, 0.5) is 5.69 Å². The third-order valence-electron chi connectivity index (χ3n) is 3.60. The molecule has 0 aromatic heterocycles. The molecule has 0 atom stereocenters. The Morgan fingerprint density at radius 1 is 1.50 bits per heavy atom. The van der Waals surface area contributed by atoms with Gasteiger partial charge in [0.15, 0.2) is 5.84 Å². The van der Waals surface area contributed by atoms with Crippen LogP contribution in [0.3, 0.4) is 0 Å². The Morgan fingerprint density at radius 3 is 2.70 bits per heavy atom. The van der Waals surface area contributed by atoms with Gasteiger partial charge in [0.05, 0.1) is 0 Å². The van der Waals surface area contributed by atoms with Crippen molar-refractivity contribution >= 4 is 27.5 Å². The van der Waals surface area contributed by atoms with Gasteiger partial charge in [-0.2, -0.15) is 0 Å². The molecule has 0 heterocycles. The number of rotatable bonds is 6. The average molecular weight is 340 g/mol. The van der Waals surface area contributed by atoms with E-state index in [9.17, 15) is 0 Å². The second-order valence-corrected chi connectivity index (χ2v) is 6.61. The lowest BCUT2D eigenvalue weighted by atomic mass is 10.1. The number of amidine groups is 1. The summed E-state index contributed by atoms with van der Waals surface area (Å²) in [6.07, 6.45) is 3.74. The van der Waals surface area contributed by atoms with Crippen LogP contribution in [-0.4, -0.2) is 23.6 Å². The summed E-state index contributed by atoms with van der Waals surface area (Å²) >= 11 is 3.51. The van der Waals surface area contributed by atoms with Gasteiger partial charge in [-0.1, -0.05) is 19.0 Å². The molecule has 1 aliphatic carbocycles. The quantitative estimate of drug-likeness (QED) is 0.360. The van der Waals surface area contributed by atoms with Crippen molar-refractivity contribution in [3.05, 3.63) is 28.2 Å². The van der Waals surface area contributed by atoms with Crippen LogP contribution in [0.2, 0.25) is 0 Å². The summed E-state index contributed by atoms with van der Waals surface area (Å²) < 4.78 is 0.862. The predicted octanol–water partition coefficient (Wildman–Crippen LogP) is 3.56. The van der Waals surface area contributed by atoms with E-state index in [0.29, 0.717) is 12.0 Å². The number of oxime groups is 1. The lowest BCUT2D eigenvalue weighted by Gasteiger charge is -2.26. The van der Waals surface area contributed by atoms with Crippen molar-refractivity contribution in [2.75, 3.05) is 11.4 Å². The van der Waals surface area contributed by atoms with E-state index in [1.807, 2.05) is 6.07 Å². The molecule has 1 aromatic carbocycles. The van der Waals surface area contributed by atoms with Gasteiger partial charge >= 0.3 is 0 Å². The van der Waals surface area contributed by atoms with Gasteiger partial charge in [-0.15, -0.1) is 0 Å².